The highest BCUT2D eigenvalue weighted by Gasteiger charge is 2.02. The van der Waals surface area contributed by atoms with Gasteiger partial charge in [-0.15, -0.1) is 0 Å². The summed E-state index contributed by atoms with van der Waals surface area (Å²) < 4.78 is 0. The quantitative estimate of drug-likeness (QED) is 0.772. The molecule has 1 aromatic rings. The fourth-order valence-corrected chi connectivity index (χ4v) is 1.83. The molecule has 1 rings (SSSR count). The lowest BCUT2D eigenvalue weighted by molar-refractivity contribution is 0.486. The van der Waals surface area contributed by atoms with E-state index in [0.717, 1.165) is 26.1 Å². The minimum absolute atomic E-state index is 0.662. The summed E-state index contributed by atoms with van der Waals surface area (Å²) in [6, 6.07) is 6.61. The molecule has 1 unspecified atom stereocenters. The van der Waals surface area contributed by atoms with Crippen LogP contribution in [0.15, 0.2) is 18.2 Å². The molecule has 0 bridgehead atoms. The standard InChI is InChI=1S/C14H24N2/c1-11-4-5-13(3)14(8-11)10-16-9-12(2)6-7-15/h4-5,8,12,16H,6-7,9-10,15H2,1-3H3. The van der Waals surface area contributed by atoms with E-state index in [1.54, 1.807) is 0 Å². The Morgan fingerprint density at radius 2 is 2.06 bits per heavy atom. The summed E-state index contributed by atoms with van der Waals surface area (Å²) in [7, 11) is 0. The number of aryl methyl sites for hydroxylation is 2. The number of benzene rings is 1. The number of nitrogens with two attached hydrogens (primary N) is 1. The lowest BCUT2D eigenvalue weighted by atomic mass is 10.0. The van der Waals surface area contributed by atoms with Gasteiger partial charge in [0.25, 0.3) is 0 Å². The molecule has 0 aliphatic heterocycles. The molecule has 0 aromatic heterocycles. The largest absolute Gasteiger partial charge is 0.330 e. The minimum atomic E-state index is 0.662. The van der Waals surface area contributed by atoms with E-state index in [0.29, 0.717) is 5.92 Å². The molecule has 0 fully saturated rings. The molecule has 1 aromatic carbocycles. The molecule has 2 heteroatoms. The van der Waals surface area contributed by atoms with Crippen LogP contribution in [0.4, 0.5) is 0 Å². The highest BCUT2D eigenvalue weighted by atomic mass is 14.9. The van der Waals surface area contributed by atoms with Crippen molar-refractivity contribution in [2.24, 2.45) is 11.7 Å². The molecule has 3 N–H and O–H groups in total. The third-order valence-electron chi connectivity index (χ3n) is 2.97. The van der Waals surface area contributed by atoms with Crippen molar-refractivity contribution in [2.75, 3.05) is 13.1 Å². The lowest BCUT2D eigenvalue weighted by Crippen LogP contribution is -2.22. The SMILES string of the molecule is Cc1ccc(C)c(CNCC(C)CCN)c1. The van der Waals surface area contributed by atoms with Crippen LogP contribution in [-0.2, 0) is 6.54 Å². The van der Waals surface area contributed by atoms with Crippen LogP contribution in [0.1, 0.15) is 30.0 Å². The molecule has 90 valence electrons. The first-order valence-electron chi connectivity index (χ1n) is 6.10. The smallest absolute Gasteiger partial charge is 0.0208 e. The summed E-state index contributed by atoms with van der Waals surface area (Å²) in [5.74, 6) is 0.662. The van der Waals surface area contributed by atoms with Crippen LogP contribution in [0.2, 0.25) is 0 Å². The van der Waals surface area contributed by atoms with Gasteiger partial charge in [0.1, 0.15) is 0 Å². The first-order valence-corrected chi connectivity index (χ1v) is 6.10. The summed E-state index contributed by atoms with van der Waals surface area (Å²) in [4.78, 5) is 0. The first-order chi connectivity index (χ1) is 7.63. The van der Waals surface area contributed by atoms with Crippen LogP contribution >= 0.6 is 0 Å². The van der Waals surface area contributed by atoms with Gasteiger partial charge in [0, 0.05) is 6.54 Å². The maximum atomic E-state index is 5.53. The van der Waals surface area contributed by atoms with Gasteiger partial charge in [-0.2, -0.15) is 0 Å². The predicted octanol–water partition coefficient (Wildman–Crippen LogP) is 2.38. The number of rotatable bonds is 6. The molecular formula is C14H24N2. The van der Waals surface area contributed by atoms with Gasteiger partial charge in [0.15, 0.2) is 0 Å². The third kappa shape index (κ3) is 4.33. The lowest BCUT2D eigenvalue weighted by Gasteiger charge is -2.13. The van der Waals surface area contributed by atoms with Crippen molar-refractivity contribution in [3.8, 4) is 0 Å². The second kappa shape index (κ2) is 6.66. The van der Waals surface area contributed by atoms with Gasteiger partial charge in [-0.1, -0.05) is 30.7 Å². The fraction of sp³-hybridized carbons (Fsp3) is 0.571. The van der Waals surface area contributed by atoms with Gasteiger partial charge in [-0.3, -0.25) is 0 Å². The molecule has 0 heterocycles. The summed E-state index contributed by atoms with van der Waals surface area (Å²) in [5.41, 5.74) is 9.63. The second-order valence-electron chi connectivity index (χ2n) is 4.74. The van der Waals surface area contributed by atoms with Crippen molar-refractivity contribution < 1.29 is 0 Å². The summed E-state index contributed by atoms with van der Waals surface area (Å²) >= 11 is 0. The molecule has 0 radical (unpaired) electrons. The van der Waals surface area contributed by atoms with Crippen LogP contribution in [0, 0.1) is 19.8 Å². The van der Waals surface area contributed by atoms with Gasteiger partial charge < -0.3 is 11.1 Å². The van der Waals surface area contributed by atoms with E-state index in [1.165, 1.54) is 16.7 Å². The molecule has 0 spiro atoms. The molecule has 0 amide bonds. The number of nitrogens with one attached hydrogen (secondary N) is 1. The molecule has 2 nitrogen and oxygen atoms in total. The van der Waals surface area contributed by atoms with Crippen molar-refractivity contribution in [2.45, 2.75) is 33.7 Å². The molecule has 1 atom stereocenters. The van der Waals surface area contributed by atoms with Crippen LogP contribution in [0.25, 0.3) is 0 Å². The van der Waals surface area contributed by atoms with E-state index < -0.39 is 0 Å². The van der Waals surface area contributed by atoms with Gasteiger partial charge in [0.2, 0.25) is 0 Å². The summed E-state index contributed by atoms with van der Waals surface area (Å²) in [6.07, 6.45) is 1.10. The zero-order valence-corrected chi connectivity index (χ0v) is 10.7. The van der Waals surface area contributed by atoms with Gasteiger partial charge in [0.05, 0.1) is 0 Å². The van der Waals surface area contributed by atoms with E-state index in [9.17, 15) is 0 Å². The monoisotopic (exact) mass is 220 g/mol. The maximum Gasteiger partial charge on any atom is 0.0208 e. The van der Waals surface area contributed by atoms with Crippen molar-refractivity contribution in [1.29, 1.82) is 0 Å². The summed E-state index contributed by atoms with van der Waals surface area (Å²) in [5, 5.41) is 3.50. The van der Waals surface area contributed by atoms with E-state index in [4.69, 9.17) is 5.73 Å². The number of hydrogen-bond acceptors (Lipinski definition) is 2. The van der Waals surface area contributed by atoms with E-state index in [-0.39, 0.29) is 0 Å². The Morgan fingerprint density at radius 1 is 1.31 bits per heavy atom. The molecule has 0 aliphatic carbocycles. The second-order valence-corrected chi connectivity index (χ2v) is 4.74. The average Bonchev–Trinajstić information content (AvgIpc) is 2.23. The van der Waals surface area contributed by atoms with Crippen molar-refractivity contribution in [3.63, 3.8) is 0 Å². The Labute approximate surface area is 99.2 Å². The Balaban J connectivity index is 2.39. The molecule has 0 saturated heterocycles. The van der Waals surface area contributed by atoms with Crippen LogP contribution in [-0.4, -0.2) is 13.1 Å². The van der Waals surface area contributed by atoms with Crippen molar-refractivity contribution in [3.05, 3.63) is 34.9 Å². The van der Waals surface area contributed by atoms with Crippen LogP contribution < -0.4 is 11.1 Å². The van der Waals surface area contributed by atoms with Crippen LogP contribution in [0.5, 0.6) is 0 Å². The topological polar surface area (TPSA) is 38.0 Å². The van der Waals surface area contributed by atoms with Gasteiger partial charge >= 0.3 is 0 Å². The maximum absolute atomic E-state index is 5.53. The molecule has 16 heavy (non-hydrogen) atoms. The Bertz CT molecular complexity index is 321. The predicted molar refractivity (Wildman–Crippen MR) is 70.5 cm³/mol. The minimum Gasteiger partial charge on any atom is -0.330 e. The highest BCUT2D eigenvalue weighted by molar-refractivity contribution is 5.30. The fourth-order valence-electron chi connectivity index (χ4n) is 1.83. The Morgan fingerprint density at radius 3 is 2.75 bits per heavy atom. The van der Waals surface area contributed by atoms with Crippen molar-refractivity contribution in [1.82, 2.24) is 5.32 Å². The highest BCUT2D eigenvalue weighted by Crippen LogP contribution is 2.10. The number of hydrogen-bond donors (Lipinski definition) is 2. The summed E-state index contributed by atoms with van der Waals surface area (Å²) in [6.45, 7) is 9.34. The van der Waals surface area contributed by atoms with E-state index >= 15 is 0 Å². The molecule has 0 saturated carbocycles. The molecular weight excluding hydrogens is 196 g/mol. The normalized spacial score (nSPS) is 12.8. The van der Waals surface area contributed by atoms with Gasteiger partial charge in [-0.05, 0) is 50.4 Å². The van der Waals surface area contributed by atoms with E-state index in [1.807, 2.05) is 0 Å². The Kier molecular flexibility index (Phi) is 5.50. The van der Waals surface area contributed by atoms with Gasteiger partial charge in [-0.25, -0.2) is 0 Å². The third-order valence-corrected chi connectivity index (χ3v) is 2.97. The van der Waals surface area contributed by atoms with Crippen molar-refractivity contribution >= 4 is 0 Å². The van der Waals surface area contributed by atoms with Crippen LogP contribution in [0.3, 0.4) is 0 Å². The first kappa shape index (κ1) is 13.2. The Hall–Kier alpha value is -0.860. The average molecular weight is 220 g/mol. The zero-order chi connectivity index (χ0) is 12.0. The van der Waals surface area contributed by atoms with E-state index in [2.05, 4.69) is 44.3 Å². The molecule has 0 aliphatic rings. The zero-order valence-electron chi connectivity index (χ0n) is 10.7.